The van der Waals surface area contributed by atoms with Crippen LogP contribution < -0.4 is 0 Å². The molecule has 0 aliphatic carbocycles. The topological polar surface area (TPSA) is 52.6 Å². The van der Waals surface area contributed by atoms with Crippen LogP contribution in [0.3, 0.4) is 0 Å². The van der Waals surface area contributed by atoms with E-state index in [1.807, 2.05) is 17.3 Å². The molecule has 0 bridgehead atoms. The number of rotatable bonds is 11. The third-order valence-electron chi connectivity index (χ3n) is 3.97. The minimum Gasteiger partial charge on any atom is -0.598 e. The molecule has 1 aliphatic heterocycles. The Morgan fingerprint density at radius 3 is 2.64 bits per heavy atom. The van der Waals surface area contributed by atoms with Crippen LogP contribution in [0.15, 0.2) is 11.6 Å². The molecule has 1 rings (SSSR count). The lowest BCUT2D eigenvalue weighted by Crippen LogP contribution is -2.40. The molecule has 0 aromatic heterocycles. The second-order valence-corrected chi connectivity index (χ2v) is 7.24. The minimum absolute atomic E-state index is 0.0337. The van der Waals surface area contributed by atoms with Crippen molar-refractivity contribution in [3.63, 3.8) is 0 Å². The first-order chi connectivity index (χ1) is 10.7. The quantitative estimate of drug-likeness (QED) is 0.330. The zero-order chi connectivity index (χ0) is 16.4. The number of nitrogens with zero attached hydrogens (tertiary/aromatic N) is 1. The third kappa shape index (κ3) is 5.94. The van der Waals surface area contributed by atoms with Gasteiger partial charge in [0, 0.05) is 11.4 Å². The molecule has 0 amide bonds. The molecule has 1 unspecified atom stereocenters. The monoisotopic (exact) mass is 329 g/mol. The van der Waals surface area contributed by atoms with Gasteiger partial charge < -0.3 is 9.29 Å². The lowest BCUT2D eigenvalue weighted by Gasteiger charge is -2.27. The number of carbonyl (C=O) groups excluding carboxylic acids is 1. The molecule has 128 valence electrons. The summed E-state index contributed by atoms with van der Waals surface area (Å²) in [5.74, 6) is 0.448. The third-order valence-corrected chi connectivity index (χ3v) is 5.54. The summed E-state index contributed by atoms with van der Waals surface area (Å²) < 4.78 is 19.6. The molecule has 0 spiro atoms. The molecule has 4 nitrogen and oxygen atoms in total. The molecule has 0 N–H and O–H groups in total. The highest BCUT2D eigenvalue weighted by molar-refractivity contribution is 7.89. The summed E-state index contributed by atoms with van der Waals surface area (Å²) in [4.78, 5) is 12.1. The maximum atomic E-state index is 12.5. The maximum absolute atomic E-state index is 12.5. The first kappa shape index (κ1) is 19.5. The van der Waals surface area contributed by atoms with Gasteiger partial charge in [-0.2, -0.15) is 0 Å². The van der Waals surface area contributed by atoms with Crippen molar-refractivity contribution in [2.75, 3.05) is 18.9 Å². The SMILES string of the molecule is CCCCCC[C@@H]1C(C(=O)OCC)=CCN1[S+]([O-])CCCC. The molecule has 0 aromatic rings. The average molecular weight is 330 g/mol. The normalized spacial score (nSPS) is 20.0. The Kier molecular flexibility index (Phi) is 9.84. The Bertz CT molecular complexity index is 360. The molecule has 5 heteroatoms. The van der Waals surface area contributed by atoms with E-state index in [1.165, 1.54) is 19.3 Å². The molecule has 22 heavy (non-hydrogen) atoms. The van der Waals surface area contributed by atoms with E-state index in [1.54, 1.807) is 0 Å². The van der Waals surface area contributed by atoms with Crippen LogP contribution in [-0.4, -0.2) is 39.8 Å². The fraction of sp³-hybridized carbons (Fsp3) is 0.824. The van der Waals surface area contributed by atoms with E-state index in [4.69, 9.17) is 4.74 Å². The Hall–Kier alpha value is -0.520. The summed E-state index contributed by atoms with van der Waals surface area (Å²) in [6.07, 6.45) is 9.44. The van der Waals surface area contributed by atoms with Crippen molar-refractivity contribution in [2.45, 2.75) is 71.8 Å². The van der Waals surface area contributed by atoms with E-state index in [0.29, 0.717) is 24.5 Å². The van der Waals surface area contributed by atoms with Gasteiger partial charge in [0.25, 0.3) is 0 Å². The van der Waals surface area contributed by atoms with Crippen LogP contribution in [0.2, 0.25) is 0 Å². The van der Waals surface area contributed by atoms with E-state index in [0.717, 1.165) is 25.7 Å². The zero-order valence-electron chi connectivity index (χ0n) is 14.3. The van der Waals surface area contributed by atoms with Crippen molar-refractivity contribution in [3.05, 3.63) is 11.6 Å². The molecule has 0 fully saturated rings. The second kappa shape index (κ2) is 11.1. The number of ether oxygens (including phenoxy) is 1. The van der Waals surface area contributed by atoms with Gasteiger partial charge in [0.1, 0.15) is 5.75 Å². The van der Waals surface area contributed by atoms with Gasteiger partial charge in [-0.1, -0.05) is 52.0 Å². The standard InChI is InChI=1S/C17H31NO3S/c1-4-7-9-10-11-16-15(17(19)21-6-3)12-13-18(16)22(20)14-8-5-2/h12,16H,4-11,13-14H2,1-3H3/t16-,22?/m1/s1. The van der Waals surface area contributed by atoms with Crippen LogP contribution >= 0.6 is 0 Å². The summed E-state index contributed by atoms with van der Waals surface area (Å²) in [5.41, 5.74) is 0.711. The number of esters is 1. The van der Waals surface area contributed by atoms with Crippen molar-refractivity contribution in [1.29, 1.82) is 0 Å². The molecule has 1 aliphatic rings. The zero-order valence-corrected chi connectivity index (χ0v) is 15.1. The Morgan fingerprint density at radius 1 is 1.27 bits per heavy atom. The van der Waals surface area contributed by atoms with Gasteiger partial charge in [-0.15, -0.1) is 4.31 Å². The predicted octanol–water partition coefficient (Wildman–Crippen LogP) is 3.59. The highest BCUT2D eigenvalue weighted by atomic mass is 32.2. The van der Waals surface area contributed by atoms with E-state index >= 15 is 0 Å². The maximum Gasteiger partial charge on any atom is 0.335 e. The van der Waals surface area contributed by atoms with Crippen molar-refractivity contribution < 1.29 is 14.1 Å². The second-order valence-electron chi connectivity index (χ2n) is 5.72. The van der Waals surface area contributed by atoms with Crippen LogP contribution in [0.1, 0.15) is 65.7 Å². The van der Waals surface area contributed by atoms with Gasteiger partial charge in [-0.3, -0.25) is 0 Å². The van der Waals surface area contributed by atoms with Crippen molar-refractivity contribution in [1.82, 2.24) is 4.31 Å². The molecule has 0 radical (unpaired) electrons. The predicted molar refractivity (Wildman–Crippen MR) is 91.9 cm³/mol. The van der Waals surface area contributed by atoms with Gasteiger partial charge in [0.05, 0.1) is 24.8 Å². The van der Waals surface area contributed by atoms with Gasteiger partial charge in [-0.25, -0.2) is 4.79 Å². The molecule has 1 heterocycles. The number of carbonyl (C=O) groups is 1. The van der Waals surface area contributed by atoms with Crippen LogP contribution in [0.5, 0.6) is 0 Å². The first-order valence-corrected chi connectivity index (χ1v) is 9.95. The summed E-state index contributed by atoms with van der Waals surface area (Å²) in [7, 11) is 0. The number of hydrogen-bond donors (Lipinski definition) is 0. The molecular formula is C17H31NO3S. The number of hydrogen-bond acceptors (Lipinski definition) is 4. The average Bonchev–Trinajstić information content (AvgIpc) is 2.93. The van der Waals surface area contributed by atoms with Gasteiger partial charge >= 0.3 is 5.97 Å². The van der Waals surface area contributed by atoms with Crippen molar-refractivity contribution >= 4 is 17.3 Å². The number of unbranched alkanes of at least 4 members (excludes halogenated alkanes) is 4. The Balaban J connectivity index is 2.65. The van der Waals surface area contributed by atoms with Gasteiger partial charge in [0.2, 0.25) is 0 Å². The minimum atomic E-state index is -1.00. The largest absolute Gasteiger partial charge is 0.598 e. The van der Waals surface area contributed by atoms with E-state index in [-0.39, 0.29) is 12.0 Å². The summed E-state index contributed by atoms with van der Waals surface area (Å²) in [6, 6.07) is -0.0337. The van der Waals surface area contributed by atoms with Crippen LogP contribution in [-0.2, 0) is 20.9 Å². The molecule has 0 saturated carbocycles. The molecule has 0 aromatic carbocycles. The fourth-order valence-corrected chi connectivity index (χ4v) is 4.23. The summed E-state index contributed by atoms with van der Waals surface area (Å²) in [6.45, 7) is 7.10. The Labute approximate surface area is 138 Å². The smallest absolute Gasteiger partial charge is 0.335 e. The van der Waals surface area contributed by atoms with Gasteiger partial charge in [0.15, 0.2) is 0 Å². The van der Waals surface area contributed by atoms with E-state index < -0.39 is 11.4 Å². The van der Waals surface area contributed by atoms with Crippen LogP contribution in [0.4, 0.5) is 0 Å². The molecular weight excluding hydrogens is 298 g/mol. The summed E-state index contributed by atoms with van der Waals surface area (Å²) >= 11 is -1.00. The van der Waals surface area contributed by atoms with Crippen LogP contribution in [0.25, 0.3) is 0 Å². The van der Waals surface area contributed by atoms with E-state index in [9.17, 15) is 9.35 Å². The van der Waals surface area contributed by atoms with Gasteiger partial charge in [-0.05, 0) is 19.8 Å². The first-order valence-electron chi connectivity index (χ1n) is 8.67. The van der Waals surface area contributed by atoms with Crippen molar-refractivity contribution in [2.24, 2.45) is 0 Å². The lowest BCUT2D eigenvalue weighted by atomic mass is 10.0. The van der Waals surface area contributed by atoms with Crippen LogP contribution in [0, 0.1) is 0 Å². The van der Waals surface area contributed by atoms with Crippen molar-refractivity contribution in [3.8, 4) is 0 Å². The Morgan fingerprint density at radius 2 is 2.00 bits per heavy atom. The lowest BCUT2D eigenvalue weighted by molar-refractivity contribution is -0.138. The molecule has 0 saturated heterocycles. The van der Waals surface area contributed by atoms with E-state index in [2.05, 4.69) is 13.8 Å². The summed E-state index contributed by atoms with van der Waals surface area (Å²) in [5, 5.41) is 0. The highest BCUT2D eigenvalue weighted by Crippen LogP contribution is 2.28. The molecule has 2 atom stereocenters. The fourth-order valence-electron chi connectivity index (χ4n) is 2.71. The highest BCUT2D eigenvalue weighted by Gasteiger charge is 2.38.